The molecule has 5 rings (SSSR count). The van der Waals surface area contributed by atoms with E-state index in [1.54, 1.807) is 0 Å². The van der Waals surface area contributed by atoms with E-state index < -0.39 is 5.41 Å². The van der Waals surface area contributed by atoms with Crippen molar-refractivity contribution in [3.63, 3.8) is 0 Å². The lowest BCUT2D eigenvalue weighted by atomic mass is 9.63. The predicted octanol–water partition coefficient (Wildman–Crippen LogP) is 5.36. The number of anilines is 1. The van der Waals surface area contributed by atoms with Crippen molar-refractivity contribution in [2.24, 2.45) is 5.41 Å². The molecule has 1 heterocycles. The van der Waals surface area contributed by atoms with Crippen molar-refractivity contribution in [3.05, 3.63) is 64.4 Å². The highest BCUT2D eigenvalue weighted by molar-refractivity contribution is 9.10. The molecule has 4 nitrogen and oxygen atoms in total. The van der Waals surface area contributed by atoms with E-state index in [2.05, 4.69) is 42.0 Å². The summed E-state index contributed by atoms with van der Waals surface area (Å²) in [6.45, 7) is 6.65. The van der Waals surface area contributed by atoms with Gasteiger partial charge in [0, 0.05) is 9.89 Å². The van der Waals surface area contributed by atoms with Crippen molar-refractivity contribution in [1.82, 2.24) is 9.97 Å². The van der Waals surface area contributed by atoms with E-state index >= 15 is 0 Å². The number of halogens is 1. The van der Waals surface area contributed by atoms with Gasteiger partial charge in [-0.25, -0.2) is 9.97 Å². The summed E-state index contributed by atoms with van der Waals surface area (Å²) < 4.78 is 0.876. The number of nitrogens with one attached hydrogen (secondary N) is 1. The minimum absolute atomic E-state index is 0.0106. The van der Waals surface area contributed by atoms with Gasteiger partial charge in [0.25, 0.3) is 0 Å². The quantitative estimate of drug-likeness (QED) is 0.589. The molecule has 0 saturated heterocycles. The highest BCUT2D eigenvalue weighted by Gasteiger charge is 2.73. The minimum Gasteiger partial charge on any atom is -0.324 e. The molecule has 142 valence electrons. The van der Waals surface area contributed by atoms with Gasteiger partial charge in [-0.1, -0.05) is 45.0 Å². The molecule has 2 atom stereocenters. The van der Waals surface area contributed by atoms with E-state index in [4.69, 9.17) is 9.97 Å². The molecule has 28 heavy (non-hydrogen) atoms. The summed E-state index contributed by atoms with van der Waals surface area (Å²) in [7, 11) is 0. The van der Waals surface area contributed by atoms with Crippen molar-refractivity contribution < 1.29 is 4.79 Å². The third-order valence-corrected chi connectivity index (χ3v) is 8.15. The van der Waals surface area contributed by atoms with Gasteiger partial charge in [0.05, 0.1) is 33.5 Å². The molecule has 1 saturated carbocycles. The zero-order valence-electron chi connectivity index (χ0n) is 16.2. The lowest BCUT2D eigenvalue weighted by molar-refractivity contribution is -0.125. The molecule has 0 radical (unpaired) electrons. The fourth-order valence-corrected chi connectivity index (χ4v) is 5.72. The Kier molecular flexibility index (Phi) is 3.58. The summed E-state index contributed by atoms with van der Waals surface area (Å²) >= 11 is 3.54. The monoisotopic (exact) mass is 435 g/mol. The third kappa shape index (κ3) is 1.98. The van der Waals surface area contributed by atoms with Gasteiger partial charge in [-0.05, 0) is 58.5 Å². The Balaban J connectivity index is 1.72. The molecule has 5 heteroatoms. The number of rotatable bonds is 2. The van der Waals surface area contributed by atoms with Crippen LogP contribution < -0.4 is 5.32 Å². The SMILES string of the molecule is CC1(C)[C@@]2(C)CC[C@]1(C(=O)Nc1ccccc1Br)c1nc3ccccc3nc12. The van der Waals surface area contributed by atoms with Crippen LogP contribution in [0.5, 0.6) is 0 Å². The first-order valence-corrected chi connectivity index (χ1v) is 10.4. The molecule has 2 aromatic carbocycles. The number of aromatic nitrogens is 2. The Hall–Kier alpha value is -2.27. The first-order valence-electron chi connectivity index (χ1n) is 9.65. The van der Waals surface area contributed by atoms with E-state index in [0.717, 1.165) is 45.4 Å². The van der Waals surface area contributed by atoms with Crippen LogP contribution >= 0.6 is 15.9 Å². The van der Waals surface area contributed by atoms with Crippen molar-refractivity contribution in [3.8, 4) is 0 Å². The fourth-order valence-electron chi connectivity index (χ4n) is 5.34. The number of carbonyl (C=O) groups is 1. The van der Waals surface area contributed by atoms with Gasteiger partial charge in [-0.15, -0.1) is 0 Å². The standard InChI is InChI=1S/C23H22BrN3O/c1-21(2)22(3)12-13-23(21,20(28)27-15-9-5-4-8-14(15)24)19-18(22)25-16-10-6-7-11-17(16)26-19/h4-11H,12-13H2,1-3H3,(H,27,28)/t22-,23+/m0/s1. The second-order valence-corrected chi connectivity index (χ2v) is 9.56. The largest absolute Gasteiger partial charge is 0.324 e. The number of nitrogens with zero attached hydrogens (tertiary/aromatic N) is 2. The lowest BCUT2D eigenvalue weighted by Gasteiger charge is -2.39. The van der Waals surface area contributed by atoms with Crippen LogP contribution in [0.2, 0.25) is 0 Å². The molecule has 0 spiro atoms. The van der Waals surface area contributed by atoms with Crippen molar-refractivity contribution in [1.29, 1.82) is 0 Å². The average Bonchev–Trinajstić information content (AvgIpc) is 2.98. The first-order chi connectivity index (χ1) is 13.3. The second kappa shape index (κ2) is 5.63. The number of hydrogen-bond acceptors (Lipinski definition) is 3. The number of hydrogen-bond donors (Lipinski definition) is 1. The Labute approximate surface area is 172 Å². The topological polar surface area (TPSA) is 54.9 Å². The van der Waals surface area contributed by atoms with Gasteiger partial charge in [-0.3, -0.25) is 4.79 Å². The molecule has 1 amide bonds. The molecule has 0 unspecified atom stereocenters. The molecule has 2 aliphatic rings. The van der Waals surface area contributed by atoms with Crippen molar-refractivity contribution in [2.45, 2.75) is 44.4 Å². The number of carbonyl (C=O) groups excluding carboxylic acids is 1. The molecule has 2 bridgehead atoms. The average molecular weight is 436 g/mol. The van der Waals surface area contributed by atoms with Crippen molar-refractivity contribution >= 4 is 38.6 Å². The minimum atomic E-state index is -0.691. The number of para-hydroxylation sites is 3. The van der Waals surface area contributed by atoms with Crippen LogP contribution in [0.3, 0.4) is 0 Å². The molecule has 1 N–H and O–H groups in total. The normalized spacial score (nSPS) is 27.0. The maximum absolute atomic E-state index is 13.8. The molecule has 1 aromatic heterocycles. The van der Waals surface area contributed by atoms with Gasteiger partial charge < -0.3 is 5.32 Å². The van der Waals surface area contributed by atoms with Crippen LogP contribution in [-0.2, 0) is 15.6 Å². The number of benzene rings is 2. The van der Waals surface area contributed by atoms with Gasteiger partial charge in [0.1, 0.15) is 0 Å². The summed E-state index contributed by atoms with van der Waals surface area (Å²) in [6.07, 6.45) is 1.72. The van der Waals surface area contributed by atoms with E-state index in [0.29, 0.717) is 0 Å². The predicted molar refractivity (Wildman–Crippen MR) is 114 cm³/mol. The van der Waals surface area contributed by atoms with E-state index in [-0.39, 0.29) is 16.7 Å². The zero-order valence-corrected chi connectivity index (χ0v) is 17.8. The van der Waals surface area contributed by atoms with Gasteiger partial charge >= 0.3 is 0 Å². The Morgan fingerprint density at radius 1 is 0.929 bits per heavy atom. The highest BCUT2D eigenvalue weighted by Crippen LogP contribution is 2.70. The summed E-state index contributed by atoms with van der Waals surface area (Å²) in [4.78, 5) is 23.8. The molecule has 0 aliphatic heterocycles. The van der Waals surface area contributed by atoms with E-state index in [1.165, 1.54) is 0 Å². The third-order valence-electron chi connectivity index (χ3n) is 7.45. The maximum atomic E-state index is 13.8. The summed E-state index contributed by atoms with van der Waals surface area (Å²) in [6, 6.07) is 15.7. The van der Waals surface area contributed by atoms with Crippen LogP contribution in [0, 0.1) is 5.41 Å². The van der Waals surface area contributed by atoms with Gasteiger partial charge in [0.2, 0.25) is 5.91 Å². The van der Waals surface area contributed by atoms with E-state index in [1.807, 2.05) is 48.5 Å². The molecule has 3 aromatic rings. The first kappa shape index (κ1) is 17.8. The van der Waals surface area contributed by atoms with Crippen LogP contribution in [0.25, 0.3) is 11.0 Å². The Bertz CT molecular complexity index is 1140. The van der Waals surface area contributed by atoms with Gasteiger partial charge in [-0.2, -0.15) is 0 Å². The van der Waals surface area contributed by atoms with Crippen LogP contribution in [0.1, 0.15) is 45.0 Å². The van der Waals surface area contributed by atoms with Crippen LogP contribution in [0.15, 0.2) is 53.0 Å². The fraction of sp³-hybridized carbons (Fsp3) is 0.348. The van der Waals surface area contributed by atoms with E-state index in [9.17, 15) is 4.79 Å². The Morgan fingerprint density at radius 2 is 1.54 bits per heavy atom. The van der Waals surface area contributed by atoms with Gasteiger partial charge in [0.15, 0.2) is 0 Å². The summed E-state index contributed by atoms with van der Waals surface area (Å²) in [5.74, 6) is 0.0106. The summed E-state index contributed by atoms with van der Waals surface area (Å²) in [5.41, 5.74) is 3.22. The molecule has 1 fully saturated rings. The summed E-state index contributed by atoms with van der Waals surface area (Å²) in [5, 5.41) is 3.18. The molecular formula is C23H22BrN3O. The van der Waals surface area contributed by atoms with Crippen LogP contribution in [0.4, 0.5) is 5.69 Å². The van der Waals surface area contributed by atoms with Crippen LogP contribution in [-0.4, -0.2) is 15.9 Å². The second-order valence-electron chi connectivity index (χ2n) is 8.71. The number of amides is 1. The lowest BCUT2D eigenvalue weighted by Crippen LogP contribution is -2.48. The zero-order chi connectivity index (χ0) is 19.7. The number of fused-ring (bicyclic) bond motifs is 6. The molecule has 2 aliphatic carbocycles. The van der Waals surface area contributed by atoms with Crippen molar-refractivity contribution in [2.75, 3.05) is 5.32 Å². The highest BCUT2D eigenvalue weighted by atomic mass is 79.9. The Morgan fingerprint density at radius 3 is 2.21 bits per heavy atom. The smallest absolute Gasteiger partial charge is 0.237 e. The maximum Gasteiger partial charge on any atom is 0.237 e. The molecular weight excluding hydrogens is 414 g/mol.